The molecule has 0 fully saturated rings. The van der Waals surface area contributed by atoms with Crippen LogP contribution in [0.4, 0.5) is 15.1 Å². The minimum Gasteiger partial charge on any atom is -0.497 e. The number of alkyl halides is 1. The minimum absolute atomic E-state index is 0.0589. The van der Waals surface area contributed by atoms with Crippen LogP contribution in [0.1, 0.15) is 43.7 Å². The maximum Gasteiger partial charge on any atom is 0.360 e. The highest BCUT2D eigenvalue weighted by Crippen LogP contribution is 2.34. The van der Waals surface area contributed by atoms with E-state index >= 15 is 0 Å². The predicted molar refractivity (Wildman–Crippen MR) is 144 cm³/mol. The fourth-order valence-electron chi connectivity index (χ4n) is 3.22. The fraction of sp³-hybridized carbons (Fsp3) is 0.360. The molecule has 0 bridgehead atoms. The number of ether oxygens (including phenoxy) is 2. The molecule has 12 heteroatoms. The molecule has 0 amide bonds. The largest absolute Gasteiger partial charge is 0.497 e. The molecule has 0 aliphatic rings. The first-order chi connectivity index (χ1) is 17.3. The zero-order chi connectivity index (χ0) is 27.4. The first-order valence-corrected chi connectivity index (χ1v) is 14.1. The van der Waals surface area contributed by atoms with E-state index in [2.05, 4.69) is 10.3 Å². The smallest absolute Gasteiger partial charge is 0.360 e. The van der Waals surface area contributed by atoms with Gasteiger partial charge in [0.15, 0.2) is 5.69 Å². The van der Waals surface area contributed by atoms with E-state index in [4.69, 9.17) is 21.1 Å². The van der Waals surface area contributed by atoms with Gasteiger partial charge in [-0.3, -0.25) is 4.31 Å². The molecule has 0 aliphatic heterocycles. The Morgan fingerprint density at radius 1 is 1.22 bits per heavy atom. The Morgan fingerprint density at radius 2 is 1.89 bits per heavy atom. The Morgan fingerprint density at radius 3 is 2.46 bits per heavy atom. The Balaban J connectivity index is 2.06. The Labute approximate surface area is 225 Å². The number of thiazole rings is 1. The van der Waals surface area contributed by atoms with Crippen molar-refractivity contribution in [2.45, 2.75) is 50.1 Å². The van der Waals surface area contributed by atoms with Gasteiger partial charge in [-0.15, -0.1) is 22.9 Å². The SMILES string of the molecule is COc1ccc(CN(c2scnc2C(=O)OC(C)(C)C)S(=O)(=O)c2ccc(NCC(C)Cl)c(F)c2)cc1. The summed E-state index contributed by atoms with van der Waals surface area (Å²) in [6.07, 6.45) is 0. The van der Waals surface area contributed by atoms with Gasteiger partial charge in [-0.05, 0) is 63.6 Å². The predicted octanol–water partition coefficient (Wildman–Crippen LogP) is 5.68. The fourth-order valence-corrected chi connectivity index (χ4v) is 5.78. The summed E-state index contributed by atoms with van der Waals surface area (Å²) in [6.45, 7) is 7.01. The van der Waals surface area contributed by atoms with Crippen LogP contribution in [0, 0.1) is 5.82 Å². The van der Waals surface area contributed by atoms with Gasteiger partial charge in [0.05, 0.1) is 29.7 Å². The van der Waals surface area contributed by atoms with Crippen molar-refractivity contribution in [3.05, 3.63) is 65.0 Å². The third-order valence-corrected chi connectivity index (χ3v) is 7.81. The Hall–Kier alpha value is -2.89. The molecule has 37 heavy (non-hydrogen) atoms. The van der Waals surface area contributed by atoms with Gasteiger partial charge in [-0.25, -0.2) is 22.6 Å². The molecule has 3 aromatic rings. The lowest BCUT2D eigenvalue weighted by Crippen LogP contribution is -2.32. The van der Waals surface area contributed by atoms with E-state index in [1.54, 1.807) is 52.0 Å². The first-order valence-electron chi connectivity index (χ1n) is 11.3. The van der Waals surface area contributed by atoms with Gasteiger partial charge < -0.3 is 14.8 Å². The van der Waals surface area contributed by atoms with Crippen molar-refractivity contribution >= 4 is 49.6 Å². The summed E-state index contributed by atoms with van der Waals surface area (Å²) < 4.78 is 54.2. The molecule has 3 rings (SSSR count). The number of rotatable bonds is 10. The standard InChI is InChI=1S/C25H29ClFN3O5S2/c1-16(26)13-28-21-11-10-19(12-20(21)27)37(32,33)30(14-17-6-8-18(34-5)9-7-17)23-22(29-15-36-23)24(31)35-25(2,3)4/h6-12,15-16,28H,13-14H2,1-5H3. The summed E-state index contributed by atoms with van der Waals surface area (Å²) in [7, 11) is -2.81. The number of carbonyl (C=O) groups excluding carboxylic acids is 1. The minimum atomic E-state index is -4.34. The lowest BCUT2D eigenvalue weighted by Gasteiger charge is -2.25. The number of hydrogen-bond acceptors (Lipinski definition) is 8. The molecule has 1 N–H and O–H groups in total. The second-order valence-electron chi connectivity index (χ2n) is 9.17. The molecule has 200 valence electrons. The quantitative estimate of drug-likeness (QED) is 0.248. The van der Waals surface area contributed by atoms with Crippen LogP contribution in [0.25, 0.3) is 0 Å². The first kappa shape index (κ1) is 28.7. The molecule has 0 saturated heterocycles. The third-order valence-electron chi connectivity index (χ3n) is 4.96. The topological polar surface area (TPSA) is 97.8 Å². The van der Waals surface area contributed by atoms with Crippen molar-refractivity contribution < 1.29 is 27.1 Å². The van der Waals surface area contributed by atoms with E-state index in [1.807, 2.05) is 0 Å². The molecule has 1 unspecified atom stereocenters. The molecule has 1 atom stereocenters. The van der Waals surface area contributed by atoms with Crippen molar-refractivity contribution in [3.8, 4) is 5.75 Å². The average molecular weight is 570 g/mol. The third kappa shape index (κ3) is 7.33. The number of sulfonamides is 1. The number of benzene rings is 2. The van der Waals surface area contributed by atoms with Crippen molar-refractivity contribution in [1.29, 1.82) is 0 Å². The molecular weight excluding hydrogens is 541 g/mol. The summed E-state index contributed by atoms with van der Waals surface area (Å²) in [5.41, 5.74) is 1.14. The number of carbonyl (C=O) groups is 1. The summed E-state index contributed by atoms with van der Waals surface area (Å²) in [6, 6.07) is 10.4. The van der Waals surface area contributed by atoms with Crippen LogP contribution < -0.4 is 14.4 Å². The molecule has 1 heterocycles. The molecule has 8 nitrogen and oxygen atoms in total. The maximum atomic E-state index is 14.9. The highest BCUT2D eigenvalue weighted by Gasteiger charge is 2.33. The van der Waals surface area contributed by atoms with Crippen LogP contribution in [0.5, 0.6) is 5.75 Å². The van der Waals surface area contributed by atoms with Crippen molar-refractivity contribution in [2.24, 2.45) is 0 Å². The van der Waals surface area contributed by atoms with Crippen molar-refractivity contribution in [1.82, 2.24) is 4.98 Å². The summed E-state index contributed by atoms with van der Waals surface area (Å²) in [4.78, 5) is 16.7. The number of esters is 1. The van der Waals surface area contributed by atoms with Crippen LogP contribution >= 0.6 is 22.9 Å². The Kier molecular flexibility index (Phi) is 9.04. The summed E-state index contributed by atoms with van der Waals surface area (Å²) in [5, 5.41) is 2.66. The van der Waals surface area contributed by atoms with E-state index in [1.165, 1.54) is 24.8 Å². The Bertz CT molecular complexity index is 1340. The van der Waals surface area contributed by atoms with E-state index in [0.717, 1.165) is 21.7 Å². The monoisotopic (exact) mass is 569 g/mol. The van der Waals surface area contributed by atoms with E-state index in [0.29, 0.717) is 17.9 Å². The second-order valence-corrected chi connectivity index (χ2v) is 12.6. The molecule has 1 aromatic heterocycles. The maximum absolute atomic E-state index is 14.9. The van der Waals surface area contributed by atoms with Crippen molar-refractivity contribution in [3.63, 3.8) is 0 Å². The molecular formula is C25H29ClFN3O5S2. The van der Waals surface area contributed by atoms with Gasteiger partial charge in [-0.1, -0.05) is 12.1 Å². The van der Waals surface area contributed by atoms with Crippen LogP contribution in [0.15, 0.2) is 52.9 Å². The van der Waals surface area contributed by atoms with Crippen LogP contribution in [-0.2, 0) is 21.3 Å². The molecule has 0 radical (unpaired) electrons. The van der Waals surface area contributed by atoms with E-state index in [-0.39, 0.29) is 33.2 Å². The number of methoxy groups -OCH3 is 1. The normalized spacial score (nSPS) is 12.6. The lowest BCUT2D eigenvalue weighted by molar-refractivity contribution is 0.00646. The number of halogens is 2. The van der Waals surface area contributed by atoms with Gasteiger partial charge >= 0.3 is 5.97 Å². The summed E-state index contributed by atoms with van der Waals surface area (Å²) >= 11 is 6.89. The number of aromatic nitrogens is 1. The van der Waals surface area contributed by atoms with Crippen LogP contribution in [0.3, 0.4) is 0 Å². The molecule has 0 saturated carbocycles. The van der Waals surface area contributed by atoms with Crippen LogP contribution in [0.2, 0.25) is 0 Å². The average Bonchev–Trinajstić information content (AvgIpc) is 3.30. The molecule has 0 spiro atoms. The van der Waals surface area contributed by atoms with Crippen molar-refractivity contribution in [2.75, 3.05) is 23.3 Å². The van der Waals surface area contributed by atoms with Gasteiger partial charge in [0, 0.05) is 11.9 Å². The van der Waals surface area contributed by atoms with E-state index < -0.39 is 27.4 Å². The zero-order valence-corrected chi connectivity index (χ0v) is 23.5. The van der Waals surface area contributed by atoms with Gasteiger partial charge in [-0.2, -0.15) is 0 Å². The van der Waals surface area contributed by atoms with Gasteiger partial charge in [0.25, 0.3) is 10.0 Å². The molecule has 2 aromatic carbocycles. The lowest BCUT2D eigenvalue weighted by atomic mass is 10.2. The number of anilines is 2. The summed E-state index contributed by atoms with van der Waals surface area (Å²) in [5.74, 6) is -0.916. The van der Waals surface area contributed by atoms with Gasteiger partial charge in [0.2, 0.25) is 0 Å². The number of nitrogens with zero attached hydrogens (tertiary/aromatic N) is 2. The number of nitrogens with one attached hydrogen (secondary N) is 1. The molecule has 0 aliphatic carbocycles. The highest BCUT2D eigenvalue weighted by molar-refractivity contribution is 7.93. The van der Waals surface area contributed by atoms with E-state index in [9.17, 15) is 17.6 Å². The highest BCUT2D eigenvalue weighted by atomic mass is 35.5. The van der Waals surface area contributed by atoms with Crippen LogP contribution in [-0.4, -0.2) is 44.0 Å². The number of hydrogen-bond donors (Lipinski definition) is 1. The second kappa shape index (κ2) is 11.7. The zero-order valence-electron chi connectivity index (χ0n) is 21.1. The van der Waals surface area contributed by atoms with Gasteiger partial charge in [0.1, 0.15) is 22.2 Å².